The molecule has 2 fully saturated rings. The number of likely N-dealkylation sites (tertiary alicyclic amines) is 1. The summed E-state index contributed by atoms with van der Waals surface area (Å²) in [4.78, 5) is 24.3. The van der Waals surface area contributed by atoms with Crippen molar-refractivity contribution in [2.45, 2.75) is 25.8 Å². The SMILES string of the molecule is CCNC(=NCC(c1ccccc1)N1CCCC1)N1CCN(c2cnn(C)c2)C(=O)C1. The van der Waals surface area contributed by atoms with Gasteiger partial charge in [-0.2, -0.15) is 5.10 Å². The Morgan fingerprint density at radius 2 is 1.94 bits per heavy atom. The number of aliphatic imine (C=N–C) groups is 1. The van der Waals surface area contributed by atoms with Gasteiger partial charge >= 0.3 is 0 Å². The van der Waals surface area contributed by atoms with Gasteiger partial charge < -0.3 is 15.1 Å². The van der Waals surface area contributed by atoms with Crippen LogP contribution in [0.25, 0.3) is 0 Å². The molecule has 1 aromatic heterocycles. The summed E-state index contributed by atoms with van der Waals surface area (Å²) in [5.74, 6) is 0.894. The molecule has 31 heavy (non-hydrogen) atoms. The standard InChI is InChI=1S/C23H33N7O/c1-3-24-23(29-13-14-30(22(31)18-29)20-15-26-27(2)17-20)25-16-21(28-11-7-8-12-28)19-9-5-4-6-10-19/h4-6,9-10,15,17,21H,3,7-8,11-14,16,18H2,1-2H3,(H,24,25). The Labute approximate surface area is 184 Å². The van der Waals surface area contributed by atoms with Crippen LogP contribution in [0.15, 0.2) is 47.7 Å². The maximum atomic E-state index is 12.8. The van der Waals surface area contributed by atoms with Gasteiger partial charge in [0.1, 0.15) is 6.54 Å². The van der Waals surface area contributed by atoms with Crippen LogP contribution in [-0.4, -0.2) is 77.3 Å². The second kappa shape index (κ2) is 9.96. The zero-order valence-corrected chi connectivity index (χ0v) is 18.6. The Bertz CT molecular complexity index is 888. The van der Waals surface area contributed by atoms with E-state index in [-0.39, 0.29) is 11.9 Å². The topological polar surface area (TPSA) is 69.0 Å². The Balaban J connectivity index is 1.48. The maximum Gasteiger partial charge on any atom is 0.246 e. The number of guanidine groups is 1. The minimum atomic E-state index is 0.0732. The number of nitrogens with one attached hydrogen (secondary N) is 1. The van der Waals surface area contributed by atoms with E-state index in [9.17, 15) is 4.79 Å². The van der Waals surface area contributed by atoms with Gasteiger partial charge in [0.25, 0.3) is 0 Å². The van der Waals surface area contributed by atoms with Crippen LogP contribution in [0.3, 0.4) is 0 Å². The molecule has 166 valence electrons. The summed E-state index contributed by atoms with van der Waals surface area (Å²) in [7, 11) is 1.86. The highest BCUT2D eigenvalue weighted by molar-refractivity contribution is 5.98. The number of nitrogens with zero attached hydrogens (tertiary/aromatic N) is 6. The Hall–Kier alpha value is -2.87. The molecule has 8 heteroatoms. The summed E-state index contributed by atoms with van der Waals surface area (Å²) < 4.78 is 1.72. The van der Waals surface area contributed by atoms with E-state index in [4.69, 9.17) is 4.99 Å². The van der Waals surface area contributed by atoms with Crippen LogP contribution in [0.2, 0.25) is 0 Å². The lowest BCUT2D eigenvalue weighted by Crippen LogP contribution is -2.55. The molecule has 1 aromatic carbocycles. The van der Waals surface area contributed by atoms with Crippen LogP contribution in [0.4, 0.5) is 5.69 Å². The summed E-state index contributed by atoms with van der Waals surface area (Å²) in [5.41, 5.74) is 2.16. The van der Waals surface area contributed by atoms with E-state index < -0.39 is 0 Å². The van der Waals surface area contributed by atoms with E-state index in [1.807, 2.05) is 18.1 Å². The van der Waals surface area contributed by atoms with E-state index in [0.717, 1.165) is 37.8 Å². The normalized spacial score (nSPS) is 19.2. The molecule has 1 amide bonds. The molecule has 0 spiro atoms. The third-order valence-electron chi connectivity index (χ3n) is 6.04. The van der Waals surface area contributed by atoms with Gasteiger partial charge in [0.05, 0.1) is 24.5 Å². The molecule has 0 saturated carbocycles. The highest BCUT2D eigenvalue weighted by Crippen LogP contribution is 2.25. The lowest BCUT2D eigenvalue weighted by molar-refractivity contribution is -0.120. The molecular formula is C23H33N7O. The van der Waals surface area contributed by atoms with Gasteiger partial charge in [0.15, 0.2) is 5.96 Å². The van der Waals surface area contributed by atoms with Crippen LogP contribution < -0.4 is 10.2 Å². The van der Waals surface area contributed by atoms with E-state index in [1.54, 1.807) is 10.9 Å². The first-order valence-electron chi connectivity index (χ1n) is 11.3. The number of aryl methyl sites for hydroxylation is 1. The molecule has 1 unspecified atom stereocenters. The zero-order valence-electron chi connectivity index (χ0n) is 18.6. The maximum absolute atomic E-state index is 12.8. The van der Waals surface area contributed by atoms with Crippen molar-refractivity contribution in [1.82, 2.24) is 24.9 Å². The number of rotatable bonds is 6. The number of anilines is 1. The highest BCUT2D eigenvalue weighted by Gasteiger charge is 2.28. The molecule has 0 bridgehead atoms. The lowest BCUT2D eigenvalue weighted by Gasteiger charge is -2.36. The van der Waals surface area contributed by atoms with Gasteiger partial charge in [-0.25, -0.2) is 0 Å². The van der Waals surface area contributed by atoms with Gasteiger partial charge in [-0.3, -0.25) is 19.4 Å². The predicted molar refractivity (Wildman–Crippen MR) is 123 cm³/mol. The number of aromatic nitrogens is 2. The van der Waals surface area contributed by atoms with Crippen molar-refractivity contribution < 1.29 is 4.79 Å². The molecule has 1 atom stereocenters. The van der Waals surface area contributed by atoms with Crippen molar-refractivity contribution >= 4 is 17.6 Å². The molecule has 2 aliphatic rings. The van der Waals surface area contributed by atoms with Crippen molar-refractivity contribution in [1.29, 1.82) is 0 Å². The third kappa shape index (κ3) is 5.07. The van der Waals surface area contributed by atoms with Crippen molar-refractivity contribution in [2.75, 3.05) is 50.7 Å². The Kier molecular flexibility index (Phi) is 6.86. The first kappa shape index (κ1) is 21.4. The first-order valence-corrected chi connectivity index (χ1v) is 11.3. The second-order valence-electron chi connectivity index (χ2n) is 8.20. The quantitative estimate of drug-likeness (QED) is 0.568. The Morgan fingerprint density at radius 1 is 1.16 bits per heavy atom. The molecule has 2 aromatic rings. The summed E-state index contributed by atoms with van der Waals surface area (Å²) >= 11 is 0. The third-order valence-corrected chi connectivity index (χ3v) is 6.04. The van der Waals surface area contributed by atoms with E-state index >= 15 is 0 Å². The Morgan fingerprint density at radius 3 is 2.58 bits per heavy atom. The number of hydrogen-bond acceptors (Lipinski definition) is 4. The number of hydrogen-bond donors (Lipinski definition) is 1. The van der Waals surface area contributed by atoms with Gasteiger partial charge in [-0.1, -0.05) is 30.3 Å². The van der Waals surface area contributed by atoms with E-state index in [2.05, 4.69) is 57.5 Å². The van der Waals surface area contributed by atoms with Crippen LogP contribution >= 0.6 is 0 Å². The summed E-state index contributed by atoms with van der Waals surface area (Å²) in [6.07, 6.45) is 6.12. The minimum absolute atomic E-state index is 0.0732. The highest BCUT2D eigenvalue weighted by atomic mass is 16.2. The largest absolute Gasteiger partial charge is 0.357 e. The van der Waals surface area contributed by atoms with Gasteiger partial charge in [-0.05, 0) is 38.4 Å². The molecule has 0 aliphatic carbocycles. The molecule has 4 rings (SSSR count). The molecule has 2 aliphatic heterocycles. The van der Waals surface area contributed by atoms with Crippen LogP contribution in [0.5, 0.6) is 0 Å². The molecular weight excluding hydrogens is 390 g/mol. The zero-order chi connectivity index (χ0) is 21.6. The van der Waals surface area contributed by atoms with Crippen LogP contribution in [-0.2, 0) is 11.8 Å². The van der Waals surface area contributed by atoms with Gasteiger partial charge in [-0.15, -0.1) is 0 Å². The molecule has 0 radical (unpaired) electrons. The van der Waals surface area contributed by atoms with Crippen molar-refractivity contribution in [3.63, 3.8) is 0 Å². The van der Waals surface area contributed by atoms with Crippen molar-refractivity contribution in [2.24, 2.45) is 12.0 Å². The fourth-order valence-electron chi connectivity index (χ4n) is 4.43. The fraction of sp³-hybridized carbons (Fsp3) is 0.522. The smallest absolute Gasteiger partial charge is 0.246 e. The van der Waals surface area contributed by atoms with E-state index in [0.29, 0.717) is 19.6 Å². The average Bonchev–Trinajstić information content (AvgIpc) is 3.46. The number of carbonyl (C=O) groups excluding carboxylic acids is 1. The summed E-state index contributed by atoms with van der Waals surface area (Å²) in [6, 6.07) is 10.9. The summed E-state index contributed by atoms with van der Waals surface area (Å²) in [5, 5.41) is 7.59. The van der Waals surface area contributed by atoms with E-state index in [1.165, 1.54) is 18.4 Å². The molecule has 2 saturated heterocycles. The minimum Gasteiger partial charge on any atom is -0.357 e. The summed E-state index contributed by atoms with van der Waals surface area (Å²) in [6.45, 7) is 7.45. The average molecular weight is 424 g/mol. The second-order valence-corrected chi connectivity index (χ2v) is 8.20. The molecule has 1 N–H and O–H groups in total. The number of carbonyl (C=O) groups is 1. The predicted octanol–water partition coefficient (Wildman–Crippen LogP) is 1.87. The number of piperazine rings is 1. The van der Waals surface area contributed by atoms with Crippen LogP contribution in [0.1, 0.15) is 31.4 Å². The van der Waals surface area contributed by atoms with Crippen molar-refractivity contribution in [3.8, 4) is 0 Å². The lowest BCUT2D eigenvalue weighted by atomic mass is 10.1. The van der Waals surface area contributed by atoms with Gasteiger partial charge in [0.2, 0.25) is 5.91 Å². The fourth-order valence-corrected chi connectivity index (χ4v) is 4.43. The van der Waals surface area contributed by atoms with Crippen LogP contribution in [0, 0.1) is 0 Å². The first-order chi connectivity index (χ1) is 15.2. The number of benzene rings is 1. The number of amides is 1. The molecule has 3 heterocycles. The van der Waals surface area contributed by atoms with Crippen molar-refractivity contribution in [3.05, 3.63) is 48.3 Å². The molecule has 8 nitrogen and oxygen atoms in total. The monoisotopic (exact) mass is 423 g/mol. The van der Waals surface area contributed by atoms with Gasteiger partial charge in [0, 0.05) is 32.9 Å².